The number of carbonyl (C=O) groups is 1. The molecule has 1 saturated heterocycles. The Bertz CT molecular complexity index is 408. The van der Waals surface area contributed by atoms with Gasteiger partial charge in [0.05, 0.1) is 17.2 Å². The lowest BCUT2D eigenvalue weighted by atomic mass is 10.1. The summed E-state index contributed by atoms with van der Waals surface area (Å²) in [6.07, 6.45) is 1.82. The number of rotatable bonds is 4. The van der Waals surface area contributed by atoms with Gasteiger partial charge in [0.1, 0.15) is 0 Å². The largest absolute Gasteiger partial charge is 0.396 e. The standard InChI is InChI=1S/C12H19N3O2S/c1-2-11-14-10(8-18-11)5-13-12(17)15-4-3-9(6-15)7-16/h8-9,16H,2-7H2,1H3,(H,13,17)/t9-/m0/s1. The van der Waals surface area contributed by atoms with Crippen LogP contribution in [0.25, 0.3) is 0 Å². The quantitative estimate of drug-likeness (QED) is 0.864. The first-order valence-electron chi connectivity index (χ1n) is 6.29. The molecule has 2 N–H and O–H groups in total. The fourth-order valence-corrected chi connectivity index (χ4v) is 2.78. The maximum atomic E-state index is 11.9. The number of likely N-dealkylation sites (tertiary alicyclic amines) is 1. The molecular formula is C12H19N3O2S. The second kappa shape index (κ2) is 6.15. The molecule has 100 valence electrons. The van der Waals surface area contributed by atoms with Crippen LogP contribution in [0.5, 0.6) is 0 Å². The molecular weight excluding hydrogens is 250 g/mol. The van der Waals surface area contributed by atoms with E-state index >= 15 is 0 Å². The van der Waals surface area contributed by atoms with Crippen LogP contribution in [0.1, 0.15) is 24.0 Å². The fraction of sp³-hybridized carbons (Fsp3) is 0.667. The molecule has 0 aromatic carbocycles. The summed E-state index contributed by atoms with van der Waals surface area (Å²) in [4.78, 5) is 18.0. The van der Waals surface area contributed by atoms with Gasteiger partial charge in [0.15, 0.2) is 0 Å². The number of aromatic nitrogens is 1. The Morgan fingerprint density at radius 3 is 3.17 bits per heavy atom. The van der Waals surface area contributed by atoms with E-state index in [1.165, 1.54) is 0 Å². The van der Waals surface area contributed by atoms with Crippen LogP contribution in [0.15, 0.2) is 5.38 Å². The number of nitrogens with zero attached hydrogens (tertiary/aromatic N) is 2. The molecule has 1 atom stereocenters. The summed E-state index contributed by atoms with van der Waals surface area (Å²) in [6, 6.07) is -0.0583. The van der Waals surface area contributed by atoms with Crippen LogP contribution in [-0.2, 0) is 13.0 Å². The van der Waals surface area contributed by atoms with Crippen molar-refractivity contribution in [2.45, 2.75) is 26.3 Å². The van der Waals surface area contributed by atoms with Crippen molar-refractivity contribution >= 4 is 17.4 Å². The average molecular weight is 269 g/mol. The van der Waals surface area contributed by atoms with Crippen molar-refractivity contribution in [2.75, 3.05) is 19.7 Å². The van der Waals surface area contributed by atoms with Gasteiger partial charge in [0.25, 0.3) is 0 Å². The lowest BCUT2D eigenvalue weighted by Crippen LogP contribution is -2.38. The smallest absolute Gasteiger partial charge is 0.317 e. The van der Waals surface area contributed by atoms with Gasteiger partial charge in [-0.05, 0) is 12.8 Å². The first kappa shape index (κ1) is 13.3. The van der Waals surface area contributed by atoms with Crippen LogP contribution >= 0.6 is 11.3 Å². The van der Waals surface area contributed by atoms with Crippen molar-refractivity contribution in [3.63, 3.8) is 0 Å². The number of aliphatic hydroxyl groups excluding tert-OH is 1. The number of thiazole rings is 1. The number of hydrogen-bond donors (Lipinski definition) is 2. The van der Waals surface area contributed by atoms with Crippen LogP contribution in [0.4, 0.5) is 4.79 Å². The topological polar surface area (TPSA) is 65.5 Å². The molecule has 0 unspecified atom stereocenters. The monoisotopic (exact) mass is 269 g/mol. The number of hydrogen-bond acceptors (Lipinski definition) is 4. The molecule has 2 rings (SSSR count). The highest BCUT2D eigenvalue weighted by Crippen LogP contribution is 2.15. The van der Waals surface area contributed by atoms with Crippen LogP contribution in [-0.4, -0.2) is 40.7 Å². The van der Waals surface area contributed by atoms with Crippen molar-refractivity contribution in [2.24, 2.45) is 5.92 Å². The minimum absolute atomic E-state index is 0.0583. The molecule has 1 aliphatic heterocycles. The minimum Gasteiger partial charge on any atom is -0.396 e. The Labute approximate surface area is 111 Å². The van der Waals surface area contributed by atoms with Crippen LogP contribution < -0.4 is 5.32 Å². The van der Waals surface area contributed by atoms with E-state index in [1.54, 1.807) is 16.2 Å². The predicted molar refractivity (Wildman–Crippen MR) is 70.5 cm³/mol. The number of carbonyl (C=O) groups excluding carboxylic acids is 1. The Morgan fingerprint density at radius 2 is 2.56 bits per heavy atom. The van der Waals surface area contributed by atoms with E-state index < -0.39 is 0 Å². The number of urea groups is 1. The third kappa shape index (κ3) is 3.20. The lowest BCUT2D eigenvalue weighted by molar-refractivity contribution is 0.198. The van der Waals surface area contributed by atoms with Gasteiger partial charge >= 0.3 is 6.03 Å². The zero-order chi connectivity index (χ0) is 13.0. The van der Waals surface area contributed by atoms with E-state index in [0.29, 0.717) is 13.1 Å². The Balaban J connectivity index is 1.78. The van der Waals surface area contributed by atoms with E-state index in [0.717, 1.165) is 30.1 Å². The van der Waals surface area contributed by atoms with Gasteiger partial charge in [-0.15, -0.1) is 11.3 Å². The Kier molecular flexibility index (Phi) is 4.54. The first-order chi connectivity index (χ1) is 8.72. The predicted octanol–water partition coefficient (Wildman–Crippen LogP) is 1.23. The molecule has 2 amide bonds. The molecule has 5 nitrogen and oxygen atoms in total. The Hall–Kier alpha value is -1.14. The van der Waals surface area contributed by atoms with Crippen molar-refractivity contribution in [1.29, 1.82) is 0 Å². The molecule has 1 aromatic rings. The van der Waals surface area contributed by atoms with Gasteiger partial charge < -0.3 is 15.3 Å². The van der Waals surface area contributed by atoms with Gasteiger partial charge in [-0.25, -0.2) is 9.78 Å². The zero-order valence-corrected chi connectivity index (χ0v) is 11.4. The third-order valence-electron chi connectivity index (χ3n) is 3.15. The van der Waals surface area contributed by atoms with E-state index in [1.807, 2.05) is 5.38 Å². The first-order valence-corrected chi connectivity index (χ1v) is 7.17. The molecule has 1 aliphatic rings. The molecule has 0 radical (unpaired) electrons. The summed E-state index contributed by atoms with van der Waals surface area (Å²) in [5.41, 5.74) is 0.920. The minimum atomic E-state index is -0.0583. The summed E-state index contributed by atoms with van der Waals surface area (Å²) in [5, 5.41) is 15.0. The number of amides is 2. The highest BCUT2D eigenvalue weighted by atomic mass is 32.1. The third-order valence-corrected chi connectivity index (χ3v) is 4.20. The van der Waals surface area contributed by atoms with Crippen molar-refractivity contribution in [3.8, 4) is 0 Å². The lowest BCUT2D eigenvalue weighted by Gasteiger charge is -2.16. The molecule has 0 spiro atoms. The summed E-state index contributed by atoms with van der Waals surface area (Å²) >= 11 is 1.63. The molecule has 1 aromatic heterocycles. The summed E-state index contributed by atoms with van der Waals surface area (Å²) in [6.45, 7) is 4.10. The normalized spacial score (nSPS) is 19.2. The Morgan fingerprint density at radius 1 is 1.72 bits per heavy atom. The summed E-state index contributed by atoms with van der Waals surface area (Å²) in [7, 11) is 0. The molecule has 0 saturated carbocycles. The second-order valence-electron chi connectivity index (χ2n) is 4.53. The molecule has 2 heterocycles. The molecule has 0 aliphatic carbocycles. The van der Waals surface area contributed by atoms with Crippen molar-refractivity contribution in [3.05, 3.63) is 16.1 Å². The fourth-order valence-electron chi connectivity index (χ4n) is 2.04. The van der Waals surface area contributed by atoms with E-state index in [4.69, 9.17) is 5.11 Å². The number of aryl methyl sites for hydroxylation is 1. The maximum Gasteiger partial charge on any atom is 0.317 e. The number of aliphatic hydroxyl groups is 1. The molecule has 6 heteroatoms. The van der Waals surface area contributed by atoms with Gasteiger partial charge in [-0.2, -0.15) is 0 Å². The van der Waals surface area contributed by atoms with Crippen LogP contribution in [0.3, 0.4) is 0 Å². The van der Waals surface area contributed by atoms with Crippen LogP contribution in [0, 0.1) is 5.92 Å². The zero-order valence-electron chi connectivity index (χ0n) is 10.6. The summed E-state index contributed by atoms with van der Waals surface area (Å²) in [5.74, 6) is 0.238. The van der Waals surface area contributed by atoms with Crippen molar-refractivity contribution < 1.29 is 9.90 Å². The SMILES string of the molecule is CCc1nc(CNC(=O)N2CC[C@H](CO)C2)cs1. The van der Waals surface area contributed by atoms with E-state index in [9.17, 15) is 4.79 Å². The molecule has 1 fully saturated rings. The highest BCUT2D eigenvalue weighted by Gasteiger charge is 2.25. The van der Waals surface area contributed by atoms with Gasteiger partial charge in [-0.3, -0.25) is 0 Å². The maximum absolute atomic E-state index is 11.9. The van der Waals surface area contributed by atoms with Gasteiger partial charge in [0.2, 0.25) is 0 Å². The summed E-state index contributed by atoms with van der Waals surface area (Å²) < 4.78 is 0. The van der Waals surface area contributed by atoms with Gasteiger partial charge in [-0.1, -0.05) is 6.92 Å². The van der Waals surface area contributed by atoms with E-state index in [-0.39, 0.29) is 18.6 Å². The van der Waals surface area contributed by atoms with E-state index in [2.05, 4.69) is 17.2 Å². The number of nitrogens with one attached hydrogen (secondary N) is 1. The van der Waals surface area contributed by atoms with Crippen molar-refractivity contribution in [1.82, 2.24) is 15.2 Å². The second-order valence-corrected chi connectivity index (χ2v) is 5.47. The molecule has 18 heavy (non-hydrogen) atoms. The highest BCUT2D eigenvalue weighted by molar-refractivity contribution is 7.09. The average Bonchev–Trinajstić information content (AvgIpc) is 3.04. The van der Waals surface area contributed by atoms with Crippen LogP contribution in [0.2, 0.25) is 0 Å². The van der Waals surface area contributed by atoms with Gasteiger partial charge in [0, 0.05) is 31.0 Å². The molecule has 0 bridgehead atoms.